The molecule has 1 aliphatic rings. The first-order valence-electron chi connectivity index (χ1n) is 6.23. The molecule has 0 radical (unpaired) electrons. The molecule has 3 N–H and O–H groups in total. The van der Waals surface area contributed by atoms with Gasteiger partial charge in [-0.15, -0.1) is 0 Å². The van der Waals surface area contributed by atoms with Crippen molar-refractivity contribution in [3.8, 4) is 0 Å². The minimum atomic E-state index is -0.407. The standard InChI is InChI=1S/C13H18ClFN2O/c14-11-8-9(3-5-12(11)15)13(17-16)6-4-10-2-1-7-18-10/h3,5,8,10,13,17H,1-2,4,6-7,16H2. The Balaban J connectivity index is 1.96. The highest BCUT2D eigenvalue weighted by atomic mass is 35.5. The summed E-state index contributed by atoms with van der Waals surface area (Å²) in [5.41, 5.74) is 3.66. The highest BCUT2D eigenvalue weighted by Gasteiger charge is 2.18. The van der Waals surface area contributed by atoms with Gasteiger partial charge in [-0.25, -0.2) is 4.39 Å². The van der Waals surface area contributed by atoms with Crippen molar-refractivity contribution < 1.29 is 9.13 Å². The van der Waals surface area contributed by atoms with Gasteiger partial charge in [-0.2, -0.15) is 0 Å². The van der Waals surface area contributed by atoms with Crippen LogP contribution in [0.15, 0.2) is 18.2 Å². The number of nitrogens with one attached hydrogen (secondary N) is 1. The van der Waals surface area contributed by atoms with Gasteiger partial charge >= 0.3 is 0 Å². The van der Waals surface area contributed by atoms with Crippen molar-refractivity contribution in [3.05, 3.63) is 34.6 Å². The molecule has 0 aliphatic carbocycles. The third kappa shape index (κ3) is 3.42. The second-order valence-corrected chi connectivity index (χ2v) is 5.01. The maximum atomic E-state index is 13.1. The van der Waals surface area contributed by atoms with Crippen LogP contribution in [-0.2, 0) is 4.74 Å². The number of hydrogen-bond donors (Lipinski definition) is 2. The molecule has 1 aromatic carbocycles. The molecule has 0 saturated carbocycles. The summed E-state index contributed by atoms with van der Waals surface area (Å²) in [5.74, 6) is 5.14. The molecule has 0 bridgehead atoms. The van der Waals surface area contributed by atoms with Crippen molar-refractivity contribution >= 4 is 11.6 Å². The van der Waals surface area contributed by atoms with Crippen LogP contribution in [0.4, 0.5) is 4.39 Å². The third-order valence-corrected chi connectivity index (χ3v) is 3.64. The zero-order valence-electron chi connectivity index (χ0n) is 10.2. The van der Waals surface area contributed by atoms with Gasteiger partial charge in [0.1, 0.15) is 5.82 Å². The van der Waals surface area contributed by atoms with Gasteiger partial charge in [-0.3, -0.25) is 11.3 Å². The number of ether oxygens (including phenoxy) is 1. The van der Waals surface area contributed by atoms with Crippen molar-refractivity contribution in [1.29, 1.82) is 0 Å². The lowest BCUT2D eigenvalue weighted by Gasteiger charge is -2.18. The highest BCUT2D eigenvalue weighted by molar-refractivity contribution is 6.30. The minimum absolute atomic E-state index is 0.0210. The van der Waals surface area contributed by atoms with Crippen molar-refractivity contribution in [1.82, 2.24) is 5.43 Å². The van der Waals surface area contributed by atoms with Crippen LogP contribution in [0.1, 0.15) is 37.3 Å². The largest absolute Gasteiger partial charge is 0.378 e. The van der Waals surface area contributed by atoms with E-state index in [9.17, 15) is 4.39 Å². The summed E-state index contributed by atoms with van der Waals surface area (Å²) in [4.78, 5) is 0. The molecule has 0 aromatic heterocycles. The Morgan fingerprint density at radius 2 is 2.39 bits per heavy atom. The van der Waals surface area contributed by atoms with Gasteiger partial charge in [0.2, 0.25) is 0 Å². The molecule has 1 fully saturated rings. The van der Waals surface area contributed by atoms with Gasteiger partial charge in [0, 0.05) is 12.6 Å². The molecule has 2 atom stereocenters. The summed E-state index contributed by atoms with van der Waals surface area (Å²) in [5, 5.41) is 0.130. The average molecular weight is 273 g/mol. The highest BCUT2D eigenvalue weighted by Crippen LogP contribution is 2.26. The molecule has 100 valence electrons. The van der Waals surface area contributed by atoms with E-state index in [-0.39, 0.29) is 11.1 Å². The summed E-state index contributed by atoms with van der Waals surface area (Å²) in [6, 6.07) is 4.68. The fraction of sp³-hybridized carbons (Fsp3) is 0.538. The van der Waals surface area contributed by atoms with Gasteiger partial charge in [0.15, 0.2) is 0 Å². The van der Waals surface area contributed by atoms with E-state index in [1.54, 1.807) is 12.1 Å². The number of hydrazine groups is 1. The van der Waals surface area contributed by atoms with E-state index in [0.29, 0.717) is 6.10 Å². The lowest BCUT2D eigenvalue weighted by Crippen LogP contribution is -2.28. The fourth-order valence-electron chi connectivity index (χ4n) is 2.30. The number of hydrogen-bond acceptors (Lipinski definition) is 3. The Morgan fingerprint density at radius 3 is 3.00 bits per heavy atom. The van der Waals surface area contributed by atoms with Crippen LogP contribution in [-0.4, -0.2) is 12.7 Å². The van der Waals surface area contributed by atoms with E-state index in [1.807, 2.05) is 0 Å². The van der Waals surface area contributed by atoms with E-state index in [2.05, 4.69) is 5.43 Å². The monoisotopic (exact) mass is 272 g/mol. The van der Waals surface area contributed by atoms with E-state index < -0.39 is 5.82 Å². The van der Waals surface area contributed by atoms with E-state index in [1.165, 1.54) is 6.07 Å². The topological polar surface area (TPSA) is 47.3 Å². The molecule has 18 heavy (non-hydrogen) atoms. The molecule has 1 heterocycles. The summed E-state index contributed by atoms with van der Waals surface area (Å²) < 4.78 is 18.7. The molecule has 1 saturated heterocycles. The van der Waals surface area contributed by atoms with Crippen LogP contribution in [0, 0.1) is 5.82 Å². The Kier molecular flexibility index (Phi) is 4.95. The summed E-state index contributed by atoms with van der Waals surface area (Å²) >= 11 is 5.77. The number of rotatable bonds is 5. The zero-order valence-corrected chi connectivity index (χ0v) is 10.9. The Labute approximate surface area is 111 Å². The zero-order chi connectivity index (χ0) is 13.0. The van der Waals surface area contributed by atoms with E-state index in [0.717, 1.165) is 37.9 Å². The lowest BCUT2D eigenvalue weighted by molar-refractivity contribution is 0.0996. The number of halogens is 2. The molecule has 2 unspecified atom stereocenters. The molecule has 3 nitrogen and oxygen atoms in total. The maximum absolute atomic E-state index is 13.1. The van der Waals surface area contributed by atoms with Gasteiger partial charge in [-0.1, -0.05) is 17.7 Å². The van der Waals surface area contributed by atoms with Crippen LogP contribution < -0.4 is 11.3 Å². The van der Waals surface area contributed by atoms with Crippen LogP contribution in [0.5, 0.6) is 0 Å². The van der Waals surface area contributed by atoms with Crippen LogP contribution in [0.3, 0.4) is 0 Å². The van der Waals surface area contributed by atoms with Crippen molar-refractivity contribution in [3.63, 3.8) is 0 Å². The Hall–Kier alpha value is -0.680. The molecule has 1 aliphatic heterocycles. The minimum Gasteiger partial charge on any atom is -0.378 e. The number of benzene rings is 1. The Bertz CT molecular complexity index is 397. The second-order valence-electron chi connectivity index (χ2n) is 4.61. The van der Waals surface area contributed by atoms with Crippen molar-refractivity contribution in [2.75, 3.05) is 6.61 Å². The molecular formula is C13H18ClFN2O. The predicted octanol–water partition coefficient (Wildman–Crippen LogP) is 2.94. The maximum Gasteiger partial charge on any atom is 0.141 e. The first kappa shape index (κ1) is 13.7. The second kappa shape index (κ2) is 6.48. The quantitative estimate of drug-likeness (QED) is 0.640. The van der Waals surface area contributed by atoms with Gasteiger partial charge in [0.25, 0.3) is 0 Å². The number of nitrogens with two attached hydrogens (primary N) is 1. The Morgan fingerprint density at radius 1 is 1.56 bits per heavy atom. The summed E-state index contributed by atoms with van der Waals surface area (Å²) in [6.07, 6.45) is 4.37. The van der Waals surface area contributed by atoms with E-state index >= 15 is 0 Å². The van der Waals surface area contributed by atoms with E-state index in [4.69, 9.17) is 22.2 Å². The first-order valence-corrected chi connectivity index (χ1v) is 6.61. The van der Waals surface area contributed by atoms with Crippen molar-refractivity contribution in [2.24, 2.45) is 5.84 Å². The SMILES string of the molecule is NNC(CCC1CCCO1)c1ccc(F)c(Cl)c1. The molecular weight excluding hydrogens is 255 g/mol. The third-order valence-electron chi connectivity index (χ3n) is 3.35. The predicted molar refractivity (Wildman–Crippen MR) is 69.7 cm³/mol. The van der Waals surface area contributed by atoms with Crippen molar-refractivity contribution in [2.45, 2.75) is 37.8 Å². The molecule has 0 spiro atoms. The average Bonchev–Trinajstić information content (AvgIpc) is 2.87. The van der Waals surface area contributed by atoms with Crippen LogP contribution in [0.25, 0.3) is 0 Å². The molecule has 2 rings (SSSR count). The van der Waals surface area contributed by atoms with Crippen LogP contribution >= 0.6 is 11.6 Å². The molecule has 5 heteroatoms. The first-order chi connectivity index (χ1) is 8.70. The van der Waals surface area contributed by atoms with Gasteiger partial charge in [-0.05, 0) is 43.4 Å². The smallest absolute Gasteiger partial charge is 0.141 e. The van der Waals surface area contributed by atoms with Gasteiger partial charge in [0.05, 0.1) is 11.1 Å². The molecule has 0 amide bonds. The van der Waals surface area contributed by atoms with Crippen LogP contribution in [0.2, 0.25) is 5.02 Å². The lowest BCUT2D eigenvalue weighted by atomic mass is 10.00. The van der Waals surface area contributed by atoms with Gasteiger partial charge < -0.3 is 4.74 Å². The summed E-state index contributed by atoms with van der Waals surface area (Å²) in [6.45, 7) is 0.855. The normalized spacial score (nSPS) is 21.2. The molecule has 1 aromatic rings. The summed E-state index contributed by atoms with van der Waals surface area (Å²) in [7, 11) is 0. The fourth-order valence-corrected chi connectivity index (χ4v) is 2.49.